The lowest BCUT2D eigenvalue weighted by Crippen LogP contribution is -2.59. The molecule has 28 heavy (non-hydrogen) atoms. The van der Waals surface area contributed by atoms with Gasteiger partial charge in [-0.05, 0) is 19.3 Å². The van der Waals surface area contributed by atoms with E-state index >= 15 is 0 Å². The number of carboxylic acids is 1. The van der Waals surface area contributed by atoms with Crippen LogP contribution < -0.4 is 0 Å². The summed E-state index contributed by atoms with van der Waals surface area (Å²) >= 11 is 0. The summed E-state index contributed by atoms with van der Waals surface area (Å²) in [6.07, 6.45) is -3.95. The van der Waals surface area contributed by atoms with Gasteiger partial charge in [0.25, 0.3) is 0 Å². The van der Waals surface area contributed by atoms with Gasteiger partial charge in [-0.2, -0.15) is 0 Å². The summed E-state index contributed by atoms with van der Waals surface area (Å²) in [4.78, 5) is 22.6. The molecular formula is C18H28O10. The maximum absolute atomic E-state index is 12.1. The predicted octanol–water partition coefficient (Wildman–Crippen LogP) is -1.31. The molecule has 7 atom stereocenters. The molecule has 6 N–H and O–H groups in total. The molecule has 0 amide bonds. The van der Waals surface area contributed by atoms with Gasteiger partial charge in [0.15, 0.2) is 0 Å². The number of esters is 1. The smallest absolute Gasteiger partial charge is 0.336 e. The Hall–Kier alpha value is -1.82. The number of hydrogen-bond donors (Lipinski definition) is 6. The van der Waals surface area contributed by atoms with Crippen LogP contribution in [0.1, 0.15) is 26.7 Å². The van der Waals surface area contributed by atoms with Crippen molar-refractivity contribution in [2.24, 2.45) is 5.92 Å². The van der Waals surface area contributed by atoms with E-state index in [0.29, 0.717) is 6.42 Å². The molecule has 10 nitrogen and oxygen atoms in total. The van der Waals surface area contributed by atoms with E-state index < -0.39 is 55.4 Å². The fourth-order valence-corrected chi connectivity index (χ4v) is 2.47. The number of hydrogen-bond acceptors (Lipinski definition) is 9. The van der Waals surface area contributed by atoms with Crippen LogP contribution in [0.2, 0.25) is 0 Å². The van der Waals surface area contributed by atoms with Gasteiger partial charge in [0.1, 0.15) is 24.4 Å². The Morgan fingerprint density at radius 3 is 2.39 bits per heavy atom. The maximum atomic E-state index is 12.1. The number of allylic oxidation sites excluding steroid dienone is 3. The standard InChI is InChI=1S/C18H28O10/c1-9(11(20)7-13(21)22)5-3-4-6-10(2)17(26)28-18-16(25)15(24)14(23)12(8-19)27-18/h3-4,6,9,11-12,14-16,18-20,23-25H,5,7-8H2,1-2H3,(H,21,22)/b4-3+,10-6+. The van der Waals surface area contributed by atoms with Crippen LogP contribution in [0.25, 0.3) is 0 Å². The Bertz CT molecular complexity index is 585. The average molecular weight is 404 g/mol. The van der Waals surface area contributed by atoms with Gasteiger partial charge in [0.05, 0.1) is 19.1 Å². The second-order valence-corrected chi connectivity index (χ2v) is 6.76. The second kappa shape index (κ2) is 11.2. The summed E-state index contributed by atoms with van der Waals surface area (Å²) in [5.74, 6) is -2.22. The number of aliphatic carboxylic acids is 1. The molecule has 0 aromatic heterocycles. The van der Waals surface area contributed by atoms with E-state index in [9.17, 15) is 30.0 Å². The molecule has 0 aromatic carbocycles. The average Bonchev–Trinajstić information content (AvgIpc) is 2.64. The molecule has 1 aliphatic heterocycles. The molecule has 0 radical (unpaired) electrons. The van der Waals surface area contributed by atoms with E-state index in [2.05, 4.69) is 0 Å². The van der Waals surface area contributed by atoms with Crippen molar-refractivity contribution in [1.82, 2.24) is 0 Å². The van der Waals surface area contributed by atoms with Gasteiger partial charge < -0.3 is 40.1 Å². The third kappa shape index (κ3) is 6.97. The van der Waals surface area contributed by atoms with Crippen molar-refractivity contribution in [3.05, 3.63) is 23.8 Å². The third-order valence-electron chi connectivity index (χ3n) is 4.42. The van der Waals surface area contributed by atoms with Crippen molar-refractivity contribution in [3.63, 3.8) is 0 Å². The van der Waals surface area contributed by atoms with Gasteiger partial charge >= 0.3 is 11.9 Å². The minimum Gasteiger partial charge on any atom is -0.481 e. The molecular weight excluding hydrogens is 376 g/mol. The summed E-state index contributed by atoms with van der Waals surface area (Å²) in [7, 11) is 0. The zero-order chi connectivity index (χ0) is 21.4. The van der Waals surface area contributed by atoms with Crippen LogP contribution in [0.5, 0.6) is 0 Å². The highest BCUT2D eigenvalue weighted by Gasteiger charge is 2.45. The van der Waals surface area contributed by atoms with Gasteiger partial charge in [0, 0.05) is 5.57 Å². The lowest BCUT2D eigenvalue weighted by molar-refractivity contribution is -0.291. The molecule has 7 unspecified atom stereocenters. The van der Waals surface area contributed by atoms with E-state index in [1.807, 2.05) is 0 Å². The number of carbonyl (C=O) groups is 2. The molecule has 1 fully saturated rings. The van der Waals surface area contributed by atoms with Crippen LogP contribution in [-0.4, -0.2) is 86.0 Å². The van der Waals surface area contributed by atoms with Gasteiger partial charge in [-0.15, -0.1) is 0 Å². The second-order valence-electron chi connectivity index (χ2n) is 6.76. The number of aliphatic hydroxyl groups excluding tert-OH is 5. The quantitative estimate of drug-likeness (QED) is 0.154. The van der Waals surface area contributed by atoms with Crippen molar-refractivity contribution in [3.8, 4) is 0 Å². The van der Waals surface area contributed by atoms with Crippen LogP contribution in [0.4, 0.5) is 0 Å². The van der Waals surface area contributed by atoms with Gasteiger partial charge in [-0.3, -0.25) is 4.79 Å². The molecule has 0 aliphatic carbocycles. The van der Waals surface area contributed by atoms with Crippen LogP contribution in [0.15, 0.2) is 23.8 Å². The molecule has 0 spiro atoms. The van der Waals surface area contributed by atoms with Gasteiger partial charge in [-0.25, -0.2) is 4.79 Å². The maximum Gasteiger partial charge on any atom is 0.336 e. The SMILES string of the molecule is C/C(=C\C=C\CC(C)C(O)CC(=O)O)C(=O)OC1OC(CO)C(O)C(O)C1O. The molecule has 1 rings (SSSR count). The Morgan fingerprint density at radius 1 is 1.18 bits per heavy atom. The Balaban J connectivity index is 2.58. The number of ether oxygens (including phenoxy) is 2. The van der Waals surface area contributed by atoms with E-state index in [4.69, 9.17) is 19.7 Å². The highest BCUT2D eigenvalue weighted by molar-refractivity contribution is 5.88. The monoisotopic (exact) mass is 404 g/mol. The van der Waals surface area contributed by atoms with E-state index in [0.717, 1.165) is 0 Å². The first-order valence-electron chi connectivity index (χ1n) is 8.83. The lowest BCUT2D eigenvalue weighted by atomic mass is 9.98. The fourth-order valence-electron chi connectivity index (χ4n) is 2.47. The van der Waals surface area contributed by atoms with Crippen LogP contribution >= 0.6 is 0 Å². The highest BCUT2D eigenvalue weighted by atomic mass is 16.7. The van der Waals surface area contributed by atoms with Crippen LogP contribution in [0.3, 0.4) is 0 Å². The van der Waals surface area contributed by atoms with Gasteiger partial charge in [0.2, 0.25) is 6.29 Å². The molecule has 0 bridgehead atoms. The zero-order valence-electron chi connectivity index (χ0n) is 15.7. The lowest BCUT2D eigenvalue weighted by Gasteiger charge is -2.39. The zero-order valence-corrected chi connectivity index (χ0v) is 15.7. The molecule has 1 saturated heterocycles. The Kier molecular flexibility index (Phi) is 9.73. The minimum atomic E-state index is -1.68. The van der Waals surface area contributed by atoms with Crippen molar-refractivity contribution >= 4 is 11.9 Å². The summed E-state index contributed by atoms with van der Waals surface area (Å²) in [6, 6.07) is 0. The number of rotatable bonds is 9. The number of carboxylic acid groups (broad SMARTS) is 1. The summed E-state index contributed by atoms with van der Waals surface area (Å²) in [5.41, 5.74) is 0.145. The fraction of sp³-hybridized carbons (Fsp3) is 0.667. The molecule has 0 saturated carbocycles. The minimum absolute atomic E-state index is 0.145. The van der Waals surface area contributed by atoms with Crippen LogP contribution in [-0.2, 0) is 19.1 Å². The summed E-state index contributed by atoms with van der Waals surface area (Å²) < 4.78 is 10.1. The molecule has 1 aliphatic rings. The molecule has 160 valence electrons. The normalized spacial score (nSPS) is 30.8. The van der Waals surface area contributed by atoms with Crippen LogP contribution in [0, 0.1) is 5.92 Å². The molecule has 0 aromatic rings. The number of aliphatic hydroxyl groups is 5. The molecule has 10 heteroatoms. The third-order valence-corrected chi connectivity index (χ3v) is 4.42. The van der Waals surface area contributed by atoms with Crippen molar-refractivity contribution < 1.29 is 49.7 Å². The largest absolute Gasteiger partial charge is 0.481 e. The van der Waals surface area contributed by atoms with E-state index in [1.165, 1.54) is 19.1 Å². The van der Waals surface area contributed by atoms with Crippen molar-refractivity contribution in [2.45, 2.75) is 63.5 Å². The molecule has 1 heterocycles. The van der Waals surface area contributed by atoms with Crippen molar-refractivity contribution in [1.29, 1.82) is 0 Å². The summed E-state index contributed by atoms with van der Waals surface area (Å²) in [5, 5.41) is 56.6. The summed E-state index contributed by atoms with van der Waals surface area (Å²) in [6.45, 7) is 2.50. The Labute approximate surface area is 162 Å². The van der Waals surface area contributed by atoms with Gasteiger partial charge in [-0.1, -0.05) is 25.2 Å². The first-order chi connectivity index (χ1) is 13.1. The van der Waals surface area contributed by atoms with E-state index in [1.54, 1.807) is 13.0 Å². The number of carbonyl (C=O) groups excluding carboxylic acids is 1. The Morgan fingerprint density at radius 2 is 1.82 bits per heavy atom. The van der Waals surface area contributed by atoms with E-state index in [-0.39, 0.29) is 17.9 Å². The topological polar surface area (TPSA) is 174 Å². The first kappa shape index (κ1) is 24.2. The van der Waals surface area contributed by atoms with Crippen molar-refractivity contribution in [2.75, 3.05) is 6.61 Å². The highest BCUT2D eigenvalue weighted by Crippen LogP contribution is 2.22. The predicted molar refractivity (Wildman–Crippen MR) is 94.8 cm³/mol. The first-order valence-corrected chi connectivity index (χ1v) is 8.83.